The molecule has 18 heavy (non-hydrogen) atoms. The van der Waals surface area contributed by atoms with Gasteiger partial charge in [-0.2, -0.15) is 0 Å². The number of nitrogens with one attached hydrogen (secondary N) is 1. The van der Waals surface area contributed by atoms with Crippen LogP contribution in [0.5, 0.6) is 0 Å². The van der Waals surface area contributed by atoms with Crippen LogP contribution in [0, 0.1) is 0 Å². The highest BCUT2D eigenvalue weighted by Gasteiger charge is 2.07. The molecule has 0 amide bonds. The second-order valence-corrected chi connectivity index (χ2v) is 4.62. The minimum Gasteiger partial charge on any atom is -0.308 e. The molecule has 0 aromatic carbocycles. The van der Waals surface area contributed by atoms with E-state index in [4.69, 9.17) is 5.84 Å². The van der Waals surface area contributed by atoms with Crippen molar-refractivity contribution in [1.82, 2.24) is 19.8 Å². The number of nitrogen functional groups attached to an aromatic ring is 1. The average Bonchev–Trinajstić information content (AvgIpc) is 2.37. The Bertz CT molecular complexity index is 324. The van der Waals surface area contributed by atoms with Crippen molar-refractivity contribution in [3.63, 3.8) is 0 Å². The van der Waals surface area contributed by atoms with Gasteiger partial charge in [0.05, 0.1) is 18.1 Å². The van der Waals surface area contributed by atoms with E-state index in [1.54, 1.807) is 12.4 Å². The predicted molar refractivity (Wildman–Crippen MR) is 74.0 cm³/mol. The minimum atomic E-state index is 0.592. The van der Waals surface area contributed by atoms with Gasteiger partial charge in [-0.25, -0.2) is 10.8 Å². The van der Waals surface area contributed by atoms with Gasteiger partial charge in [0.15, 0.2) is 5.82 Å². The summed E-state index contributed by atoms with van der Waals surface area (Å²) in [4.78, 5) is 13.1. The summed E-state index contributed by atoms with van der Waals surface area (Å²) in [6.45, 7) is 6.19. The molecule has 0 radical (unpaired) electrons. The lowest BCUT2D eigenvalue weighted by Crippen LogP contribution is -2.32. The fourth-order valence-corrected chi connectivity index (χ4v) is 1.67. The van der Waals surface area contributed by atoms with E-state index in [9.17, 15) is 0 Å². The molecule has 1 rings (SSSR count). The van der Waals surface area contributed by atoms with E-state index in [0.717, 1.165) is 38.3 Å². The number of nitrogens with zero attached hydrogens (tertiary/aromatic N) is 4. The molecule has 6 heteroatoms. The van der Waals surface area contributed by atoms with Gasteiger partial charge in [-0.1, -0.05) is 6.92 Å². The molecule has 1 heterocycles. The van der Waals surface area contributed by atoms with E-state index < -0.39 is 0 Å². The quantitative estimate of drug-likeness (QED) is 0.520. The van der Waals surface area contributed by atoms with Crippen LogP contribution in [-0.4, -0.2) is 53.5 Å². The summed E-state index contributed by atoms with van der Waals surface area (Å²) in [5.74, 6) is 5.85. The third-order valence-electron chi connectivity index (χ3n) is 2.64. The summed E-state index contributed by atoms with van der Waals surface area (Å²) in [6, 6.07) is 0. The second-order valence-electron chi connectivity index (χ2n) is 4.62. The van der Waals surface area contributed by atoms with Crippen LogP contribution in [0.4, 0.5) is 5.82 Å². The molecule has 3 N–H and O–H groups in total. The van der Waals surface area contributed by atoms with Crippen molar-refractivity contribution < 1.29 is 0 Å². The van der Waals surface area contributed by atoms with Crippen LogP contribution < -0.4 is 11.3 Å². The van der Waals surface area contributed by atoms with Gasteiger partial charge in [-0.15, -0.1) is 0 Å². The topological polar surface area (TPSA) is 70.3 Å². The molecule has 1 aromatic heterocycles. The smallest absolute Gasteiger partial charge is 0.158 e. The van der Waals surface area contributed by atoms with Crippen molar-refractivity contribution >= 4 is 5.82 Å². The van der Waals surface area contributed by atoms with Crippen LogP contribution in [0.15, 0.2) is 12.4 Å². The van der Waals surface area contributed by atoms with Gasteiger partial charge in [0.2, 0.25) is 0 Å². The van der Waals surface area contributed by atoms with Gasteiger partial charge >= 0.3 is 0 Å². The fourth-order valence-electron chi connectivity index (χ4n) is 1.67. The number of nitrogens with two attached hydrogens (primary N) is 1. The molecular weight excluding hydrogens is 228 g/mol. The normalized spacial score (nSPS) is 11.2. The number of hydrogen-bond donors (Lipinski definition) is 2. The van der Waals surface area contributed by atoms with Crippen molar-refractivity contribution in [3.8, 4) is 0 Å². The Balaban J connectivity index is 2.52. The van der Waals surface area contributed by atoms with Crippen molar-refractivity contribution in [1.29, 1.82) is 0 Å². The third kappa shape index (κ3) is 5.39. The van der Waals surface area contributed by atoms with E-state index in [1.807, 2.05) is 0 Å². The van der Waals surface area contributed by atoms with Crippen LogP contribution in [0.25, 0.3) is 0 Å². The van der Waals surface area contributed by atoms with Crippen LogP contribution in [-0.2, 0) is 6.54 Å². The molecule has 102 valence electrons. The molecule has 0 atom stereocenters. The van der Waals surface area contributed by atoms with E-state index >= 15 is 0 Å². The van der Waals surface area contributed by atoms with E-state index in [0.29, 0.717) is 5.82 Å². The van der Waals surface area contributed by atoms with E-state index in [1.165, 1.54) is 0 Å². The first kappa shape index (κ1) is 14.8. The summed E-state index contributed by atoms with van der Waals surface area (Å²) < 4.78 is 0. The molecule has 0 aliphatic rings. The van der Waals surface area contributed by atoms with Gasteiger partial charge in [0.1, 0.15) is 0 Å². The maximum absolute atomic E-state index is 5.26. The Morgan fingerprint density at radius 1 is 1.17 bits per heavy atom. The van der Waals surface area contributed by atoms with Crippen molar-refractivity contribution in [3.05, 3.63) is 18.1 Å². The number of anilines is 1. The van der Waals surface area contributed by atoms with Crippen molar-refractivity contribution in [2.45, 2.75) is 19.9 Å². The number of likely N-dealkylation sites (N-methyl/N-ethyl adjacent to an activating group) is 1. The second kappa shape index (κ2) is 7.97. The Morgan fingerprint density at radius 2 is 1.94 bits per heavy atom. The van der Waals surface area contributed by atoms with Crippen LogP contribution >= 0.6 is 0 Å². The third-order valence-corrected chi connectivity index (χ3v) is 2.64. The zero-order chi connectivity index (χ0) is 13.4. The van der Waals surface area contributed by atoms with E-state index in [2.05, 4.69) is 46.2 Å². The lowest BCUT2D eigenvalue weighted by atomic mass is 10.3. The van der Waals surface area contributed by atoms with Crippen LogP contribution in [0.2, 0.25) is 0 Å². The summed E-state index contributed by atoms with van der Waals surface area (Å²) >= 11 is 0. The molecule has 0 fully saturated rings. The fraction of sp³-hybridized carbons (Fsp3) is 0.667. The molecule has 0 unspecified atom stereocenters. The summed E-state index contributed by atoms with van der Waals surface area (Å²) in [6.07, 6.45) is 4.57. The monoisotopic (exact) mass is 252 g/mol. The molecule has 6 nitrogen and oxygen atoms in total. The van der Waals surface area contributed by atoms with Gasteiger partial charge in [0, 0.05) is 19.6 Å². The molecule has 1 aromatic rings. The predicted octanol–water partition coefficient (Wildman–Crippen LogP) is 0.536. The largest absolute Gasteiger partial charge is 0.308 e. The summed E-state index contributed by atoms with van der Waals surface area (Å²) in [5.41, 5.74) is 3.45. The lowest BCUT2D eigenvalue weighted by Gasteiger charge is -2.23. The maximum Gasteiger partial charge on any atom is 0.158 e. The molecule has 0 saturated heterocycles. The lowest BCUT2D eigenvalue weighted by molar-refractivity contribution is 0.231. The zero-order valence-electron chi connectivity index (χ0n) is 11.6. The SMILES string of the molecule is CCCN(CCN(C)C)Cc1cnc(NN)cn1. The summed E-state index contributed by atoms with van der Waals surface area (Å²) in [5, 5.41) is 0. The number of hydrazine groups is 1. The van der Waals surface area contributed by atoms with Crippen LogP contribution in [0.3, 0.4) is 0 Å². The molecular formula is C12H24N6. The van der Waals surface area contributed by atoms with Gasteiger partial charge in [-0.3, -0.25) is 9.88 Å². The van der Waals surface area contributed by atoms with Gasteiger partial charge in [0.25, 0.3) is 0 Å². The van der Waals surface area contributed by atoms with Crippen LogP contribution in [0.1, 0.15) is 19.0 Å². The van der Waals surface area contributed by atoms with E-state index in [-0.39, 0.29) is 0 Å². The molecule has 0 bridgehead atoms. The highest BCUT2D eigenvalue weighted by Crippen LogP contribution is 2.04. The van der Waals surface area contributed by atoms with Crippen molar-refractivity contribution in [2.24, 2.45) is 5.84 Å². The first-order valence-electron chi connectivity index (χ1n) is 6.30. The Hall–Kier alpha value is -1.24. The average molecular weight is 252 g/mol. The van der Waals surface area contributed by atoms with Gasteiger partial charge < -0.3 is 10.3 Å². The first-order chi connectivity index (χ1) is 8.65. The molecule has 0 aliphatic heterocycles. The Labute approximate surface area is 109 Å². The number of rotatable bonds is 8. The van der Waals surface area contributed by atoms with Crippen molar-refractivity contribution in [2.75, 3.05) is 39.2 Å². The standard InChI is InChI=1S/C12H24N6/c1-4-5-18(7-6-17(2)3)10-11-8-15-12(16-13)9-14-11/h8-9H,4-7,10,13H2,1-3H3,(H,15,16). The number of aromatic nitrogens is 2. The zero-order valence-corrected chi connectivity index (χ0v) is 11.6. The number of hydrogen-bond acceptors (Lipinski definition) is 6. The maximum atomic E-state index is 5.26. The first-order valence-corrected chi connectivity index (χ1v) is 6.30. The Kier molecular flexibility index (Phi) is 6.56. The summed E-state index contributed by atoms with van der Waals surface area (Å²) in [7, 11) is 4.18. The van der Waals surface area contributed by atoms with Gasteiger partial charge in [-0.05, 0) is 27.1 Å². The molecule has 0 aliphatic carbocycles. The highest BCUT2D eigenvalue weighted by molar-refractivity contribution is 5.28. The molecule has 0 saturated carbocycles. The minimum absolute atomic E-state index is 0.592. The Morgan fingerprint density at radius 3 is 2.44 bits per heavy atom. The highest BCUT2D eigenvalue weighted by atomic mass is 15.3. The molecule has 0 spiro atoms.